The number of benzene rings is 1. The number of piperidine rings is 1. The normalized spacial score (nSPS) is 24.6. The number of hydrogen-bond acceptors (Lipinski definition) is 3. The van der Waals surface area contributed by atoms with E-state index in [1.54, 1.807) is 0 Å². The van der Waals surface area contributed by atoms with Crippen molar-refractivity contribution < 1.29 is 17.6 Å². The fourth-order valence-corrected chi connectivity index (χ4v) is 5.47. The predicted molar refractivity (Wildman–Crippen MR) is 95.3 cm³/mol. The largest absolute Gasteiger partial charge is 0.353 e. The van der Waals surface area contributed by atoms with Gasteiger partial charge in [0.2, 0.25) is 15.9 Å². The van der Waals surface area contributed by atoms with Gasteiger partial charge < -0.3 is 5.32 Å². The Balaban J connectivity index is 1.43. The quantitative estimate of drug-likeness (QED) is 0.825. The first-order valence-electron chi connectivity index (χ1n) is 9.51. The number of sulfonamides is 1. The van der Waals surface area contributed by atoms with Crippen molar-refractivity contribution in [3.63, 3.8) is 0 Å². The molecule has 2 saturated carbocycles. The number of carbonyl (C=O) groups is 1. The second kappa shape index (κ2) is 6.93. The highest BCUT2D eigenvalue weighted by atomic mass is 32.2. The number of carbonyl (C=O) groups excluding carboxylic acids is 1. The van der Waals surface area contributed by atoms with Gasteiger partial charge in [-0.05, 0) is 74.6 Å². The molecule has 1 saturated heterocycles. The molecule has 1 N–H and O–H groups in total. The highest BCUT2D eigenvalue weighted by molar-refractivity contribution is 7.89. The van der Waals surface area contributed by atoms with Gasteiger partial charge in [-0.25, -0.2) is 12.8 Å². The molecule has 1 aromatic carbocycles. The maximum atomic E-state index is 13.1. The minimum Gasteiger partial charge on any atom is -0.353 e. The number of nitrogens with one attached hydrogen (secondary N) is 1. The third-order valence-corrected chi connectivity index (χ3v) is 7.65. The van der Waals surface area contributed by atoms with E-state index in [9.17, 15) is 17.6 Å². The van der Waals surface area contributed by atoms with E-state index in [2.05, 4.69) is 5.32 Å². The first-order valence-corrected chi connectivity index (χ1v) is 11.0. The summed E-state index contributed by atoms with van der Waals surface area (Å²) >= 11 is 0. The molecular weight excluding hydrogens is 355 g/mol. The maximum Gasteiger partial charge on any atom is 0.243 e. The zero-order valence-electron chi connectivity index (χ0n) is 14.7. The highest BCUT2D eigenvalue weighted by Gasteiger charge is 2.43. The second-order valence-corrected chi connectivity index (χ2v) is 9.80. The van der Waals surface area contributed by atoms with Crippen molar-refractivity contribution in [3.8, 4) is 0 Å². The number of rotatable bonds is 6. The first kappa shape index (κ1) is 17.9. The molecular formula is C19H25FN2O3S. The third-order valence-electron chi connectivity index (χ3n) is 5.78. The van der Waals surface area contributed by atoms with Crippen molar-refractivity contribution in [1.82, 2.24) is 9.62 Å². The number of halogens is 1. The molecule has 1 atom stereocenters. The molecule has 0 aromatic heterocycles. The van der Waals surface area contributed by atoms with Gasteiger partial charge in [0.05, 0.1) is 10.8 Å². The third kappa shape index (κ3) is 3.78. The highest BCUT2D eigenvalue weighted by Crippen LogP contribution is 2.44. The summed E-state index contributed by atoms with van der Waals surface area (Å²) in [7, 11) is -3.70. The number of hydrogen-bond donors (Lipinski definition) is 1. The molecule has 3 fully saturated rings. The Morgan fingerprint density at radius 3 is 2.27 bits per heavy atom. The molecule has 3 aliphatic rings. The minimum atomic E-state index is -3.70. The van der Waals surface area contributed by atoms with Crippen molar-refractivity contribution in [2.75, 3.05) is 13.1 Å². The molecule has 5 nitrogen and oxygen atoms in total. The molecule has 26 heavy (non-hydrogen) atoms. The lowest BCUT2D eigenvalue weighted by atomic mass is 9.97. The average molecular weight is 380 g/mol. The second-order valence-electron chi connectivity index (χ2n) is 7.87. The van der Waals surface area contributed by atoms with E-state index < -0.39 is 15.8 Å². The van der Waals surface area contributed by atoms with Crippen molar-refractivity contribution >= 4 is 15.9 Å². The summed E-state index contributed by atoms with van der Waals surface area (Å²) in [5.41, 5.74) is 0. The van der Waals surface area contributed by atoms with Crippen LogP contribution in [0.25, 0.3) is 0 Å². The molecule has 1 amide bonds. The van der Waals surface area contributed by atoms with E-state index in [4.69, 9.17) is 0 Å². The molecule has 0 unspecified atom stereocenters. The summed E-state index contributed by atoms with van der Waals surface area (Å²) in [6, 6.07) is 5.15. The SMILES string of the molecule is O=C(NC(C1CC1)C1CC1)[C@@H]1CCCN(S(=O)(=O)c2ccc(F)cc2)C1. The van der Waals surface area contributed by atoms with Gasteiger partial charge in [0.15, 0.2) is 0 Å². The Hall–Kier alpha value is -1.47. The minimum absolute atomic E-state index is 0.00666. The summed E-state index contributed by atoms with van der Waals surface area (Å²) in [5.74, 6) is 0.459. The van der Waals surface area contributed by atoms with Crippen LogP contribution >= 0.6 is 0 Å². The van der Waals surface area contributed by atoms with Crippen molar-refractivity contribution in [2.45, 2.75) is 49.5 Å². The van der Waals surface area contributed by atoms with Crippen LogP contribution in [0.2, 0.25) is 0 Å². The van der Waals surface area contributed by atoms with Crippen LogP contribution < -0.4 is 5.32 Å². The van der Waals surface area contributed by atoms with Crippen LogP contribution in [0.15, 0.2) is 29.2 Å². The van der Waals surface area contributed by atoms with Gasteiger partial charge in [-0.1, -0.05) is 0 Å². The predicted octanol–water partition coefficient (Wildman–Crippen LogP) is 2.53. The smallest absolute Gasteiger partial charge is 0.243 e. The first-order chi connectivity index (χ1) is 12.4. The van der Waals surface area contributed by atoms with E-state index in [1.807, 2.05) is 0 Å². The van der Waals surface area contributed by atoms with Gasteiger partial charge in [0.25, 0.3) is 0 Å². The van der Waals surface area contributed by atoms with Crippen LogP contribution in [0.4, 0.5) is 4.39 Å². The lowest BCUT2D eigenvalue weighted by molar-refractivity contribution is -0.127. The molecule has 1 aromatic rings. The Morgan fingerprint density at radius 2 is 1.69 bits per heavy atom. The molecule has 0 radical (unpaired) electrons. The van der Waals surface area contributed by atoms with E-state index in [1.165, 1.54) is 42.1 Å². The molecule has 4 rings (SSSR count). The van der Waals surface area contributed by atoms with Crippen molar-refractivity contribution in [1.29, 1.82) is 0 Å². The van der Waals surface area contributed by atoms with E-state index in [0.717, 1.165) is 12.1 Å². The number of amides is 1. The van der Waals surface area contributed by atoms with Crippen LogP contribution in [0.3, 0.4) is 0 Å². The van der Waals surface area contributed by atoms with Crippen LogP contribution in [0, 0.1) is 23.6 Å². The fraction of sp³-hybridized carbons (Fsp3) is 0.632. The zero-order valence-corrected chi connectivity index (χ0v) is 15.6. The lowest BCUT2D eigenvalue weighted by Crippen LogP contribution is -2.48. The monoisotopic (exact) mass is 380 g/mol. The van der Waals surface area contributed by atoms with Gasteiger partial charge in [0.1, 0.15) is 5.82 Å². The average Bonchev–Trinajstić information content (AvgIpc) is 3.54. The summed E-state index contributed by atoms with van der Waals surface area (Å²) < 4.78 is 40.1. The maximum absolute atomic E-state index is 13.1. The molecule has 142 valence electrons. The van der Waals surface area contributed by atoms with Crippen molar-refractivity contribution in [2.24, 2.45) is 17.8 Å². The van der Waals surface area contributed by atoms with Gasteiger partial charge in [-0.2, -0.15) is 4.31 Å². The van der Waals surface area contributed by atoms with Gasteiger partial charge >= 0.3 is 0 Å². The number of nitrogens with zero attached hydrogens (tertiary/aromatic N) is 1. The Kier molecular flexibility index (Phi) is 4.77. The Bertz CT molecular complexity index is 760. The van der Waals surface area contributed by atoms with Crippen molar-refractivity contribution in [3.05, 3.63) is 30.1 Å². The van der Waals surface area contributed by atoms with Crippen LogP contribution in [-0.4, -0.2) is 37.8 Å². The molecule has 7 heteroatoms. The van der Waals surface area contributed by atoms with Gasteiger partial charge in [-0.3, -0.25) is 4.79 Å². The standard InChI is InChI=1S/C19H25FN2O3S/c20-16-7-9-17(10-8-16)26(24,25)22-11-1-2-15(12-22)19(23)21-18(13-3-4-13)14-5-6-14/h7-10,13-15,18H,1-6,11-12H2,(H,21,23)/t15-/m1/s1. The van der Waals surface area contributed by atoms with Crippen LogP contribution in [-0.2, 0) is 14.8 Å². The fourth-order valence-electron chi connectivity index (χ4n) is 3.94. The Morgan fingerprint density at radius 1 is 1.08 bits per heavy atom. The van der Waals surface area contributed by atoms with E-state index in [-0.39, 0.29) is 29.3 Å². The topological polar surface area (TPSA) is 66.5 Å². The zero-order chi connectivity index (χ0) is 18.3. The summed E-state index contributed by atoms with van der Waals surface area (Å²) in [6.07, 6.45) is 6.14. The summed E-state index contributed by atoms with van der Waals surface area (Å²) in [5, 5.41) is 3.22. The summed E-state index contributed by atoms with van der Waals surface area (Å²) in [6.45, 7) is 0.603. The molecule has 0 bridgehead atoms. The van der Waals surface area contributed by atoms with Crippen LogP contribution in [0.1, 0.15) is 38.5 Å². The molecule has 1 heterocycles. The lowest BCUT2D eigenvalue weighted by Gasteiger charge is -2.32. The van der Waals surface area contributed by atoms with E-state index in [0.29, 0.717) is 31.2 Å². The molecule has 2 aliphatic carbocycles. The summed E-state index contributed by atoms with van der Waals surface area (Å²) in [4.78, 5) is 12.8. The van der Waals surface area contributed by atoms with Gasteiger partial charge in [0, 0.05) is 19.1 Å². The molecule has 0 spiro atoms. The van der Waals surface area contributed by atoms with Crippen LogP contribution in [0.5, 0.6) is 0 Å². The molecule has 1 aliphatic heterocycles. The van der Waals surface area contributed by atoms with E-state index >= 15 is 0 Å². The Labute approximate surface area is 154 Å². The van der Waals surface area contributed by atoms with Gasteiger partial charge in [-0.15, -0.1) is 0 Å².